The summed E-state index contributed by atoms with van der Waals surface area (Å²) in [6, 6.07) is 0. The topological polar surface area (TPSA) is 72.6 Å². The summed E-state index contributed by atoms with van der Waals surface area (Å²) in [5, 5.41) is 2.21. The third kappa shape index (κ3) is 3.70. The van der Waals surface area contributed by atoms with Crippen molar-refractivity contribution in [3.8, 4) is 0 Å². The molecule has 0 spiro atoms. The van der Waals surface area contributed by atoms with E-state index in [4.69, 9.17) is 10.5 Å². The Balaban J connectivity index is 2.97. The van der Waals surface area contributed by atoms with Crippen molar-refractivity contribution in [2.24, 2.45) is 0 Å². The van der Waals surface area contributed by atoms with Gasteiger partial charge in [-0.25, -0.2) is 0 Å². The van der Waals surface area contributed by atoms with Gasteiger partial charge >= 0.3 is 5.97 Å². The van der Waals surface area contributed by atoms with E-state index in [-0.39, 0.29) is 18.3 Å². The van der Waals surface area contributed by atoms with Crippen molar-refractivity contribution in [2.75, 3.05) is 25.4 Å². The molecule has 1 rings (SSSR count). The molecule has 0 aliphatic rings. The maximum absolute atomic E-state index is 12.3. The van der Waals surface area contributed by atoms with E-state index in [1.54, 1.807) is 17.2 Å². The van der Waals surface area contributed by atoms with Crippen LogP contribution in [-0.4, -0.2) is 36.5 Å². The first-order valence-corrected chi connectivity index (χ1v) is 7.23. The van der Waals surface area contributed by atoms with Gasteiger partial charge < -0.3 is 15.4 Å². The molecule has 0 aliphatic heterocycles. The van der Waals surface area contributed by atoms with Crippen LogP contribution in [0.2, 0.25) is 0 Å². The summed E-state index contributed by atoms with van der Waals surface area (Å²) in [4.78, 5) is 25.6. The number of thiophene rings is 1. The molecule has 0 unspecified atom stereocenters. The van der Waals surface area contributed by atoms with E-state index in [9.17, 15) is 9.59 Å². The summed E-state index contributed by atoms with van der Waals surface area (Å²) < 4.78 is 4.90. The third-order valence-corrected chi connectivity index (χ3v) is 3.66. The highest BCUT2D eigenvalue weighted by molar-refractivity contribution is 7.14. The lowest BCUT2D eigenvalue weighted by atomic mass is 10.1. The number of esters is 1. The lowest BCUT2D eigenvalue weighted by Gasteiger charge is -2.19. The molecule has 1 aromatic heterocycles. The molecule has 0 radical (unpaired) electrons. The second kappa shape index (κ2) is 7.13. The Hall–Kier alpha value is -1.56. The van der Waals surface area contributed by atoms with Crippen LogP contribution < -0.4 is 5.73 Å². The molecule has 2 N–H and O–H groups in total. The number of amides is 1. The van der Waals surface area contributed by atoms with Crippen LogP contribution in [-0.2, 0) is 16.0 Å². The largest absolute Gasteiger partial charge is 0.466 e. The summed E-state index contributed by atoms with van der Waals surface area (Å²) >= 11 is 1.28. The van der Waals surface area contributed by atoms with Crippen LogP contribution >= 0.6 is 11.3 Å². The SMILES string of the molecule is CCOC(=O)Cc1csc(N)c1C(=O)N(CC)CC. The molecule has 0 saturated carbocycles. The third-order valence-electron chi connectivity index (χ3n) is 2.80. The molecule has 5 nitrogen and oxygen atoms in total. The van der Waals surface area contributed by atoms with Gasteiger partial charge in [-0.3, -0.25) is 9.59 Å². The second-order valence-electron chi connectivity index (χ2n) is 3.96. The summed E-state index contributed by atoms with van der Waals surface area (Å²) in [5.41, 5.74) is 6.95. The number of carbonyl (C=O) groups excluding carboxylic acids is 2. The number of nitrogens with two attached hydrogens (primary N) is 1. The highest BCUT2D eigenvalue weighted by Crippen LogP contribution is 2.27. The van der Waals surface area contributed by atoms with Gasteiger partial charge in [-0.2, -0.15) is 0 Å². The monoisotopic (exact) mass is 284 g/mol. The molecule has 0 bridgehead atoms. The zero-order chi connectivity index (χ0) is 14.4. The molecule has 1 amide bonds. The van der Waals surface area contributed by atoms with E-state index in [0.717, 1.165) is 0 Å². The fourth-order valence-electron chi connectivity index (χ4n) is 1.82. The Labute approximate surface area is 117 Å². The van der Waals surface area contributed by atoms with Crippen LogP contribution in [0.15, 0.2) is 5.38 Å². The number of nitrogen functional groups attached to an aromatic ring is 1. The fraction of sp³-hybridized carbons (Fsp3) is 0.538. The molecule has 1 aromatic rings. The lowest BCUT2D eigenvalue weighted by molar-refractivity contribution is -0.142. The van der Waals surface area contributed by atoms with E-state index < -0.39 is 0 Å². The van der Waals surface area contributed by atoms with Gasteiger partial charge in [-0.15, -0.1) is 11.3 Å². The maximum Gasteiger partial charge on any atom is 0.310 e. The Bertz CT molecular complexity index is 453. The molecule has 19 heavy (non-hydrogen) atoms. The zero-order valence-electron chi connectivity index (χ0n) is 11.6. The van der Waals surface area contributed by atoms with Crippen molar-refractivity contribution in [1.82, 2.24) is 4.90 Å². The summed E-state index contributed by atoms with van der Waals surface area (Å²) in [6.07, 6.45) is 0.0872. The van der Waals surface area contributed by atoms with Gasteiger partial charge in [0.25, 0.3) is 5.91 Å². The minimum atomic E-state index is -0.339. The first kappa shape index (κ1) is 15.5. The molecule has 1 heterocycles. The first-order chi connectivity index (χ1) is 9.04. The summed E-state index contributed by atoms with van der Waals surface area (Å²) in [7, 11) is 0. The van der Waals surface area contributed by atoms with Gasteiger partial charge in [0, 0.05) is 13.1 Å². The van der Waals surface area contributed by atoms with E-state index >= 15 is 0 Å². The average Bonchev–Trinajstić information content (AvgIpc) is 2.72. The molecule has 0 fully saturated rings. The minimum Gasteiger partial charge on any atom is -0.466 e. The van der Waals surface area contributed by atoms with Crippen molar-refractivity contribution in [3.63, 3.8) is 0 Å². The molecule has 0 saturated heterocycles. The minimum absolute atomic E-state index is 0.0872. The van der Waals surface area contributed by atoms with E-state index in [2.05, 4.69) is 0 Å². The maximum atomic E-state index is 12.3. The highest BCUT2D eigenvalue weighted by Gasteiger charge is 2.22. The normalized spacial score (nSPS) is 10.3. The van der Waals surface area contributed by atoms with Crippen LogP contribution in [0.3, 0.4) is 0 Å². The average molecular weight is 284 g/mol. The van der Waals surface area contributed by atoms with Gasteiger partial charge in [-0.05, 0) is 31.7 Å². The number of carbonyl (C=O) groups is 2. The van der Waals surface area contributed by atoms with Gasteiger partial charge in [0.1, 0.15) is 0 Å². The second-order valence-corrected chi connectivity index (χ2v) is 4.87. The van der Waals surface area contributed by atoms with E-state index in [0.29, 0.717) is 35.8 Å². The van der Waals surface area contributed by atoms with Crippen LogP contribution in [0.4, 0.5) is 5.00 Å². The van der Waals surface area contributed by atoms with Crippen molar-refractivity contribution < 1.29 is 14.3 Å². The van der Waals surface area contributed by atoms with E-state index in [1.165, 1.54) is 11.3 Å². The number of anilines is 1. The van der Waals surface area contributed by atoms with Crippen LogP contribution in [0, 0.1) is 0 Å². The Kier molecular flexibility index (Phi) is 5.82. The van der Waals surface area contributed by atoms with Crippen LogP contribution in [0.25, 0.3) is 0 Å². The van der Waals surface area contributed by atoms with Crippen molar-refractivity contribution >= 4 is 28.2 Å². The number of rotatable bonds is 6. The predicted octanol–water partition coefficient (Wildman–Crippen LogP) is 1.92. The number of hydrogen-bond donors (Lipinski definition) is 1. The fourth-order valence-corrected chi connectivity index (χ4v) is 2.63. The zero-order valence-corrected chi connectivity index (χ0v) is 12.4. The highest BCUT2D eigenvalue weighted by atomic mass is 32.1. The standard InChI is InChI=1S/C13H20N2O3S/c1-4-15(5-2)13(17)11-9(8-19-12(11)14)7-10(16)18-6-3/h8H,4-7,14H2,1-3H3. The number of hydrogen-bond acceptors (Lipinski definition) is 5. The van der Waals surface area contributed by atoms with Crippen molar-refractivity contribution in [2.45, 2.75) is 27.2 Å². The van der Waals surface area contributed by atoms with Gasteiger partial charge in [0.15, 0.2) is 0 Å². The molecular weight excluding hydrogens is 264 g/mol. The summed E-state index contributed by atoms with van der Waals surface area (Å²) in [6.45, 7) is 7.14. The van der Waals surface area contributed by atoms with Crippen molar-refractivity contribution in [3.05, 3.63) is 16.5 Å². The van der Waals surface area contributed by atoms with Crippen LogP contribution in [0.5, 0.6) is 0 Å². The van der Waals surface area contributed by atoms with E-state index in [1.807, 2.05) is 13.8 Å². The Morgan fingerprint density at radius 2 is 1.95 bits per heavy atom. The summed E-state index contributed by atoms with van der Waals surface area (Å²) in [5.74, 6) is -0.461. The number of nitrogens with zero attached hydrogens (tertiary/aromatic N) is 1. The van der Waals surface area contributed by atoms with Crippen LogP contribution in [0.1, 0.15) is 36.7 Å². The molecule has 0 aromatic carbocycles. The quantitative estimate of drug-likeness (QED) is 0.810. The van der Waals surface area contributed by atoms with Crippen molar-refractivity contribution in [1.29, 1.82) is 0 Å². The van der Waals surface area contributed by atoms with Gasteiger partial charge in [0.05, 0.1) is 23.6 Å². The molecular formula is C13H20N2O3S. The molecule has 0 atom stereocenters. The van der Waals surface area contributed by atoms with Gasteiger partial charge in [0.2, 0.25) is 0 Å². The smallest absolute Gasteiger partial charge is 0.310 e. The lowest BCUT2D eigenvalue weighted by Crippen LogP contribution is -2.31. The predicted molar refractivity (Wildman–Crippen MR) is 76.3 cm³/mol. The molecule has 106 valence electrons. The molecule has 0 aliphatic carbocycles. The Morgan fingerprint density at radius 3 is 2.47 bits per heavy atom. The first-order valence-electron chi connectivity index (χ1n) is 6.35. The van der Waals surface area contributed by atoms with Gasteiger partial charge in [-0.1, -0.05) is 0 Å². The molecule has 6 heteroatoms. The number of ether oxygens (including phenoxy) is 1. The Morgan fingerprint density at radius 1 is 1.32 bits per heavy atom.